The van der Waals surface area contributed by atoms with E-state index in [1.807, 2.05) is 9.80 Å². The van der Waals surface area contributed by atoms with Crippen molar-refractivity contribution in [2.45, 2.75) is 26.2 Å². The van der Waals surface area contributed by atoms with E-state index in [4.69, 9.17) is 5.11 Å². The topological polar surface area (TPSA) is 86.6 Å². The molecule has 0 aliphatic carbocycles. The lowest BCUT2D eigenvalue weighted by Gasteiger charge is -2.35. The Labute approximate surface area is 123 Å². The summed E-state index contributed by atoms with van der Waals surface area (Å²) >= 11 is 0. The number of unbranched alkanes of at least 4 members (excludes halogenated alkanes) is 1. The maximum Gasteiger partial charge on any atom is 0.356 e. The van der Waals surface area contributed by atoms with Crippen molar-refractivity contribution in [2.75, 3.05) is 31.1 Å². The fraction of sp³-hybridized carbons (Fsp3) is 0.571. The van der Waals surface area contributed by atoms with Crippen LogP contribution in [-0.2, 0) is 4.79 Å². The zero-order valence-electron chi connectivity index (χ0n) is 12.2. The molecule has 0 atom stereocenters. The lowest BCUT2D eigenvalue weighted by atomic mass is 10.2. The zero-order chi connectivity index (χ0) is 15.2. The monoisotopic (exact) mass is 292 g/mol. The second-order valence-electron chi connectivity index (χ2n) is 5.05. The maximum absolute atomic E-state index is 11.9. The summed E-state index contributed by atoms with van der Waals surface area (Å²) in [5.41, 5.74) is -0.0628. The number of anilines is 1. The van der Waals surface area contributed by atoms with Crippen molar-refractivity contribution in [1.82, 2.24) is 15.1 Å². The number of rotatable bonds is 5. The highest BCUT2D eigenvalue weighted by molar-refractivity contribution is 5.85. The summed E-state index contributed by atoms with van der Waals surface area (Å²) in [6.45, 7) is 4.80. The predicted molar refractivity (Wildman–Crippen MR) is 77.3 cm³/mol. The molecular weight excluding hydrogens is 272 g/mol. The van der Waals surface area contributed by atoms with E-state index in [0.29, 0.717) is 38.4 Å². The molecule has 1 aromatic rings. The number of aromatic carboxylic acids is 1. The van der Waals surface area contributed by atoms with Gasteiger partial charge in [0.1, 0.15) is 0 Å². The van der Waals surface area contributed by atoms with Gasteiger partial charge in [-0.25, -0.2) is 4.79 Å². The van der Waals surface area contributed by atoms with Crippen LogP contribution in [0.15, 0.2) is 12.1 Å². The normalized spacial score (nSPS) is 15.1. The van der Waals surface area contributed by atoms with Crippen LogP contribution in [0, 0.1) is 0 Å². The standard InChI is InChI=1S/C14H20N4O3/c1-2-3-4-13(19)18-9-7-17(8-10-18)12-6-5-11(14(20)21)15-16-12/h5-6H,2-4,7-10H2,1H3,(H,20,21). The van der Waals surface area contributed by atoms with Crippen LogP contribution in [0.1, 0.15) is 36.7 Å². The van der Waals surface area contributed by atoms with Gasteiger partial charge >= 0.3 is 5.97 Å². The predicted octanol–water partition coefficient (Wildman–Crippen LogP) is 1.01. The summed E-state index contributed by atoms with van der Waals surface area (Å²) in [4.78, 5) is 26.6. The molecule has 0 aromatic carbocycles. The van der Waals surface area contributed by atoms with Crippen LogP contribution in [0.4, 0.5) is 5.82 Å². The molecule has 0 radical (unpaired) electrons. The number of hydrogen-bond donors (Lipinski definition) is 1. The number of aromatic nitrogens is 2. The van der Waals surface area contributed by atoms with Crippen molar-refractivity contribution >= 4 is 17.7 Å². The summed E-state index contributed by atoms with van der Waals surface area (Å²) in [6.07, 6.45) is 2.57. The highest BCUT2D eigenvalue weighted by atomic mass is 16.4. The van der Waals surface area contributed by atoms with Crippen LogP contribution in [0.5, 0.6) is 0 Å². The lowest BCUT2D eigenvalue weighted by Crippen LogP contribution is -2.49. The molecule has 114 valence electrons. The van der Waals surface area contributed by atoms with Crippen LogP contribution in [0.3, 0.4) is 0 Å². The average Bonchev–Trinajstić information content (AvgIpc) is 2.53. The molecule has 1 amide bonds. The van der Waals surface area contributed by atoms with Gasteiger partial charge in [0.15, 0.2) is 11.5 Å². The fourth-order valence-electron chi connectivity index (χ4n) is 2.28. The van der Waals surface area contributed by atoms with Gasteiger partial charge in [-0.2, -0.15) is 0 Å². The first-order valence-corrected chi connectivity index (χ1v) is 7.21. The van der Waals surface area contributed by atoms with Gasteiger partial charge in [0, 0.05) is 32.6 Å². The Morgan fingerprint density at radius 3 is 2.43 bits per heavy atom. The lowest BCUT2D eigenvalue weighted by molar-refractivity contribution is -0.131. The van der Waals surface area contributed by atoms with Crippen LogP contribution in [-0.4, -0.2) is 58.3 Å². The quantitative estimate of drug-likeness (QED) is 0.871. The Bertz CT molecular complexity index is 495. The molecule has 2 heterocycles. The highest BCUT2D eigenvalue weighted by Gasteiger charge is 2.21. The molecule has 1 aliphatic rings. The molecule has 0 spiro atoms. The number of hydrogen-bond acceptors (Lipinski definition) is 5. The Morgan fingerprint density at radius 2 is 1.90 bits per heavy atom. The molecule has 0 bridgehead atoms. The van der Waals surface area contributed by atoms with E-state index in [2.05, 4.69) is 17.1 Å². The van der Waals surface area contributed by atoms with Gasteiger partial charge in [-0.1, -0.05) is 13.3 Å². The van der Waals surface area contributed by atoms with Gasteiger partial charge in [-0.15, -0.1) is 10.2 Å². The van der Waals surface area contributed by atoms with Gasteiger partial charge in [0.2, 0.25) is 5.91 Å². The molecule has 2 rings (SSSR count). The minimum Gasteiger partial charge on any atom is -0.476 e. The SMILES string of the molecule is CCCCC(=O)N1CCN(c2ccc(C(=O)O)nn2)CC1. The van der Waals surface area contributed by atoms with Crippen LogP contribution in [0.25, 0.3) is 0 Å². The van der Waals surface area contributed by atoms with Gasteiger partial charge in [-0.05, 0) is 18.6 Å². The van der Waals surface area contributed by atoms with E-state index < -0.39 is 5.97 Å². The van der Waals surface area contributed by atoms with Crippen molar-refractivity contribution in [3.8, 4) is 0 Å². The number of piperazine rings is 1. The second-order valence-corrected chi connectivity index (χ2v) is 5.05. The molecule has 7 nitrogen and oxygen atoms in total. The Morgan fingerprint density at radius 1 is 1.19 bits per heavy atom. The van der Waals surface area contributed by atoms with Crippen molar-refractivity contribution in [1.29, 1.82) is 0 Å². The number of carboxylic acid groups (broad SMARTS) is 1. The molecule has 1 aromatic heterocycles. The van der Waals surface area contributed by atoms with Gasteiger partial charge in [0.25, 0.3) is 0 Å². The van der Waals surface area contributed by atoms with E-state index in [1.165, 1.54) is 6.07 Å². The van der Waals surface area contributed by atoms with E-state index in [9.17, 15) is 9.59 Å². The first kappa shape index (κ1) is 15.2. The van der Waals surface area contributed by atoms with E-state index >= 15 is 0 Å². The molecule has 1 aliphatic heterocycles. The summed E-state index contributed by atoms with van der Waals surface area (Å²) in [7, 11) is 0. The van der Waals surface area contributed by atoms with Crippen molar-refractivity contribution in [2.24, 2.45) is 0 Å². The second kappa shape index (κ2) is 7.01. The number of nitrogens with zero attached hydrogens (tertiary/aromatic N) is 4. The fourth-order valence-corrected chi connectivity index (χ4v) is 2.28. The largest absolute Gasteiger partial charge is 0.476 e. The summed E-state index contributed by atoms with van der Waals surface area (Å²) in [5.74, 6) is -0.218. The maximum atomic E-state index is 11.9. The third kappa shape index (κ3) is 3.90. The van der Waals surface area contributed by atoms with E-state index in [0.717, 1.165) is 12.8 Å². The van der Waals surface area contributed by atoms with E-state index in [-0.39, 0.29) is 11.6 Å². The Hall–Kier alpha value is -2.18. The molecule has 21 heavy (non-hydrogen) atoms. The first-order valence-electron chi connectivity index (χ1n) is 7.21. The molecule has 0 saturated carbocycles. The molecule has 1 fully saturated rings. The summed E-state index contributed by atoms with van der Waals surface area (Å²) in [5, 5.41) is 16.4. The Balaban J connectivity index is 1.88. The van der Waals surface area contributed by atoms with Gasteiger partial charge in [0.05, 0.1) is 0 Å². The number of carboxylic acids is 1. The molecule has 1 N–H and O–H groups in total. The summed E-state index contributed by atoms with van der Waals surface area (Å²) in [6, 6.07) is 3.11. The zero-order valence-corrected chi connectivity index (χ0v) is 12.2. The van der Waals surface area contributed by atoms with Gasteiger partial charge < -0.3 is 14.9 Å². The van der Waals surface area contributed by atoms with Crippen LogP contribution in [0.2, 0.25) is 0 Å². The van der Waals surface area contributed by atoms with Crippen LogP contribution >= 0.6 is 0 Å². The average molecular weight is 292 g/mol. The number of amides is 1. The van der Waals surface area contributed by atoms with Crippen LogP contribution < -0.4 is 4.90 Å². The minimum atomic E-state index is -1.08. The van der Waals surface area contributed by atoms with Crippen molar-refractivity contribution in [3.05, 3.63) is 17.8 Å². The van der Waals surface area contributed by atoms with Crippen molar-refractivity contribution < 1.29 is 14.7 Å². The molecular formula is C14H20N4O3. The highest BCUT2D eigenvalue weighted by Crippen LogP contribution is 2.14. The molecule has 1 saturated heterocycles. The third-order valence-corrected chi connectivity index (χ3v) is 3.57. The van der Waals surface area contributed by atoms with Crippen molar-refractivity contribution in [3.63, 3.8) is 0 Å². The number of carbonyl (C=O) groups excluding carboxylic acids is 1. The van der Waals surface area contributed by atoms with E-state index in [1.54, 1.807) is 6.07 Å². The minimum absolute atomic E-state index is 0.0628. The first-order chi connectivity index (χ1) is 10.1. The molecule has 0 unspecified atom stereocenters. The summed E-state index contributed by atoms with van der Waals surface area (Å²) < 4.78 is 0. The third-order valence-electron chi connectivity index (χ3n) is 3.57. The van der Waals surface area contributed by atoms with Gasteiger partial charge in [-0.3, -0.25) is 4.79 Å². The number of carbonyl (C=O) groups is 2. The smallest absolute Gasteiger partial charge is 0.356 e. The molecule has 7 heteroatoms. The Kier molecular flexibility index (Phi) is 5.08.